The van der Waals surface area contributed by atoms with Crippen LogP contribution in [0.2, 0.25) is 0 Å². The number of aromatic nitrogens is 4. The summed E-state index contributed by atoms with van der Waals surface area (Å²) in [5.74, 6) is 0.708. The molecule has 2 aromatic carbocycles. The molecule has 0 atom stereocenters. The standard InChI is InChI=1S/C22H20N6O2.2H2/c1-13-6-4-5-7-16(13)20-26-27-21(30-20)18-19(23)24-12-17(25-18)14-8-10-15(11-9-14)22(29)28(2)3;;/h4-12H,1-3H3,(H2,23,24);2*1H. The van der Waals surface area contributed by atoms with Crippen LogP contribution in [-0.4, -0.2) is 45.1 Å². The predicted molar refractivity (Wildman–Crippen MR) is 118 cm³/mol. The lowest BCUT2D eigenvalue weighted by molar-refractivity contribution is 0.0827. The van der Waals surface area contributed by atoms with Gasteiger partial charge < -0.3 is 15.1 Å². The first-order valence-electron chi connectivity index (χ1n) is 9.28. The zero-order valence-electron chi connectivity index (χ0n) is 16.8. The number of benzene rings is 2. The summed E-state index contributed by atoms with van der Waals surface area (Å²) in [7, 11) is 3.42. The first-order chi connectivity index (χ1) is 14.4. The van der Waals surface area contributed by atoms with Gasteiger partial charge in [-0.25, -0.2) is 9.97 Å². The normalized spacial score (nSPS) is 10.8. The van der Waals surface area contributed by atoms with E-state index in [1.807, 2.05) is 43.3 Å². The molecule has 4 aromatic rings. The van der Waals surface area contributed by atoms with Crippen LogP contribution in [-0.2, 0) is 0 Å². The number of anilines is 1. The molecule has 0 radical (unpaired) electrons. The van der Waals surface area contributed by atoms with E-state index in [1.54, 1.807) is 32.4 Å². The molecular formula is C22H24N6O2. The highest BCUT2D eigenvalue weighted by atomic mass is 16.4. The van der Waals surface area contributed by atoms with Crippen LogP contribution in [0.3, 0.4) is 0 Å². The fraction of sp³-hybridized carbons (Fsp3) is 0.136. The number of nitrogens with two attached hydrogens (primary N) is 1. The van der Waals surface area contributed by atoms with Gasteiger partial charge in [-0.2, -0.15) is 0 Å². The van der Waals surface area contributed by atoms with Gasteiger partial charge in [-0.05, 0) is 30.7 Å². The van der Waals surface area contributed by atoms with E-state index in [4.69, 9.17) is 10.2 Å². The van der Waals surface area contributed by atoms with E-state index in [-0.39, 0.29) is 20.5 Å². The Morgan fingerprint density at radius 1 is 1.03 bits per heavy atom. The highest BCUT2D eigenvalue weighted by Crippen LogP contribution is 2.29. The van der Waals surface area contributed by atoms with Crippen molar-refractivity contribution < 1.29 is 12.1 Å². The van der Waals surface area contributed by atoms with Crippen LogP contribution in [0.5, 0.6) is 0 Å². The van der Waals surface area contributed by atoms with E-state index < -0.39 is 0 Å². The maximum absolute atomic E-state index is 12.1. The van der Waals surface area contributed by atoms with Crippen LogP contribution >= 0.6 is 0 Å². The average molecular weight is 404 g/mol. The summed E-state index contributed by atoms with van der Waals surface area (Å²) in [5, 5.41) is 8.24. The Hall–Kier alpha value is -4.07. The van der Waals surface area contributed by atoms with Crippen molar-refractivity contribution in [3.8, 4) is 34.3 Å². The maximum Gasteiger partial charge on any atom is 0.270 e. The molecule has 0 aliphatic carbocycles. The monoisotopic (exact) mass is 404 g/mol. The van der Waals surface area contributed by atoms with Gasteiger partial charge in [0.05, 0.1) is 11.9 Å². The minimum absolute atomic E-state index is 0. The molecule has 0 saturated heterocycles. The summed E-state index contributed by atoms with van der Waals surface area (Å²) in [4.78, 5) is 22.4. The minimum atomic E-state index is -0.0692. The number of hydrogen-bond donors (Lipinski definition) is 1. The van der Waals surface area contributed by atoms with Crippen molar-refractivity contribution >= 4 is 11.7 Å². The SMILES string of the molecule is Cc1ccccc1-c1nnc(-c2nc(-c3ccc(C(=O)N(C)C)cc3)cnc2N)o1.[HH].[HH]. The van der Waals surface area contributed by atoms with E-state index in [1.165, 1.54) is 4.90 Å². The smallest absolute Gasteiger partial charge is 0.270 e. The quantitative estimate of drug-likeness (QED) is 0.548. The van der Waals surface area contributed by atoms with Gasteiger partial charge in [-0.1, -0.05) is 30.3 Å². The molecule has 0 aliphatic rings. The number of rotatable bonds is 4. The van der Waals surface area contributed by atoms with E-state index >= 15 is 0 Å². The minimum Gasteiger partial charge on any atom is -0.414 e. The molecule has 0 spiro atoms. The zero-order chi connectivity index (χ0) is 21.3. The number of nitrogen functional groups attached to an aromatic ring is 1. The lowest BCUT2D eigenvalue weighted by Gasteiger charge is -2.10. The van der Waals surface area contributed by atoms with E-state index in [0.29, 0.717) is 22.8 Å². The van der Waals surface area contributed by atoms with Crippen LogP contribution in [0.25, 0.3) is 34.3 Å². The molecule has 1 amide bonds. The number of carbonyl (C=O) groups excluding carboxylic acids is 1. The molecule has 4 rings (SSSR count). The molecule has 30 heavy (non-hydrogen) atoms. The van der Waals surface area contributed by atoms with E-state index in [0.717, 1.165) is 16.7 Å². The molecule has 2 N–H and O–H groups in total. The number of carbonyl (C=O) groups is 1. The Morgan fingerprint density at radius 2 is 1.73 bits per heavy atom. The third kappa shape index (κ3) is 3.62. The van der Waals surface area contributed by atoms with Crippen molar-refractivity contribution in [1.82, 2.24) is 25.1 Å². The van der Waals surface area contributed by atoms with Gasteiger partial charge in [-0.15, -0.1) is 10.2 Å². The molecule has 2 aromatic heterocycles. The Morgan fingerprint density at radius 3 is 2.43 bits per heavy atom. The highest BCUT2D eigenvalue weighted by molar-refractivity contribution is 5.94. The van der Waals surface area contributed by atoms with E-state index in [2.05, 4.69) is 20.2 Å². The topological polar surface area (TPSA) is 111 Å². The van der Waals surface area contributed by atoms with Crippen LogP contribution in [0.15, 0.2) is 59.1 Å². The first-order valence-corrected chi connectivity index (χ1v) is 9.28. The van der Waals surface area contributed by atoms with Gasteiger partial charge in [0, 0.05) is 33.6 Å². The first kappa shape index (κ1) is 19.3. The molecule has 154 valence electrons. The predicted octanol–water partition coefficient (Wildman–Crippen LogP) is 3.95. The molecule has 8 nitrogen and oxygen atoms in total. The largest absolute Gasteiger partial charge is 0.414 e. The summed E-state index contributed by atoms with van der Waals surface area (Å²) in [6, 6.07) is 14.9. The molecule has 0 saturated carbocycles. The molecule has 8 heteroatoms. The van der Waals surface area contributed by atoms with Crippen molar-refractivity contribution in [2.45, 2.75) is 6.92 Å². The lowest BCUT2D eigenvalue weighted by Crippen LogP contribution is -2.21. The van der Waals surface area contributed by atoms with Crippen molar-refractivity contribution in [1.29, 1.82) is 0 Å². The fourth-order valence-electron chi connectivity index (χ4n) is 2.98. The van der Waals surface area contributed by atoms with Gasteiger partial charge in [0.25, 0.3) is 11.8 Å². The summed E-state index contributed by atoms with van der Waals surface area (Å²) in [6.45, 7) is 1.97. The summed E-state index contributed by atoms with van der Waals surface area (Å²) in [5.41, 5.74) is 10.2. The second kappa shape index (κ2) is 7.75. The summed E-state index contributed by atoms with van der Waals surface area (Å²) < 4.78 is 5.83. The van der Waals surface area contributed by atoms with Gasteiger partial charge >= 0.3 is 0 Å². The Balaban J connectivity index is 0.00000181. The lowest BCUT2D eigenvalue weighted by atomic mass is 10.1. The van der Waals surface area contributed by atoms with Crippen molar-refractivity contribution in [2.75, 3.05) is 19.8 Å². The van der Waals surface area contributed by atoms with Crippen LogP contribution in [0, 0.1) is 6.92 Å². The second-order valence-electron chi connectivity index (χ2n) is 6.99. The summed E-state index contributed by atoms with van der Waals surface area (Å²) >= 11 is 0. The van der Waals surface area contributed by atoms with Crippen LogP contribution < -0.4 is 5.73 Å². The molecule has 0 fully saturated rings. The van der Waals surface area contributed by atoms with Gasteiger partial charge in [0.2, 0.25) is 5.89 Å². The molecule has 0 aliphatic heterocycles. The van der Waals surface area contributed by atoms with E-state index in [9.17, 15) is 4.79 Å². The number of nitrogens with zero attached hydrogens (tertiary/aromatic N) is 5. The number of aryl methyl sites for hydroxylation is 1. The third-order valence-corrected chi connectivity index (χ3v) is 4.64. The Kier molecular flexibility index (Phi) is 4.97. The third-order valence-electron chi connectivity index (χ3n) is 4.64. The number of amides is 1. The maximum atomic E-state index is 12.1. The summed E-state index contributed by atoms with van der Waals surface area (Å²) in [6.07, 6.45) is 1.57. The van der Waals surface area contributed by atoms with Crippen LogP contribution in [0.4, 0.5) is 5.82 Å². The molecule has 2 heterocycles. The van der Waals surface area contributed by atoms with Crippen LogP contribution in [0.1, 0.15) is 18.8 Å². The van der Waals surface area contributed by atoms with Gasteiger partial charge in [0.15, 0.2) is 11.5 Å². The van der Waals surface area contributed by atoms with Gasteiger partial charge in [0.1, 0.15) is 0 Å². The number of hydrogen-bond acceptors (Lipinski definition) is 7. The Labute approximate surface area is 176 Å². The molecule has 0 bridgehead atoms. The van der Waals surface area contributed by atoms with Gasteiger partial charge in [-0.3, -0.25) is 4.79 Å². The fourth-order valence-corrected chi connectivity index (χ4v) is 2.98. The second-order valence-corrected chi connectivity index (χ2v) is 6.99. The highest BCUT2D eigenvalue weighted by Gasteiger charge is 2.18. The average Bonchev–Trinajstić information content (AvgIpc) is 3.23. The van der Waals surface area contributed by atoms with Crippen molar-refractivity contribution in [3.63, 3.8) is 0 Å². The van der Waals surface area contributed by atoms with Crippen molar-refractivity contribution in [2.24, 2.45) is 0 Å². The zero-order valence-corrected chi connectivity index (χ0v) is 16.8. The molecular weight excluding hydrogens is 380 g/mol. The molecule has 0 unspecified atom stereocenters. The Bertz CT molecular complexity index is 1230. The van der Waals surface area contributed by atoms with Crippen molar-refractivity contribution in [3.05, 3.63) is 65.9 Å².